The number of nitrogens with zero attached hydrogens (tertiary/aromatic N) is 2. The van der Waals surface area contributed by atoms with Crippen molar-refractivity contribution in [2.45, 2.75) is 31.7 Å². The van der Waals surface area contributed by atoms with Gasteiger partial charge in [0.25, 0.3) is 5.91 Å². The average Bonchev–Trinajstić information content (AvgIpc) is 2.72. The van der Waals surface area contributed by atoms with Gasteiger partial charge in [0.1, 0.15) is 12.4 Å². The zero-order valence-electron chi connectivity index (χ0n) is 16.7. The number of piperidine rings is 1. The molecule has 1 aliphatic rings. The van der Waals surface area contributed by atoms with Gasteiger partial charge in [-0.2, -0.15) is 0 Å². The van der Waals surface area contributed by atoms with E-state index in [1.54, 1.807) is 17.0 Å². The van der Waals surface area contributed by atoms with E-state index in [2.05, 4.69) is 36.1 Å². The van der Waals surface area contributed by atoms with Crippen LogP contribution in [0, 0.1) is 5.82 Å². The van der Waals surface area contributed by atoms with Gasteiger partial charge in [0.2, 0.25) is 0 Å². The number of methoxy groups -OCH3 is 1. The Bertz CT molecular complexity index is 743. The van der Waals surface area contributed by atoms with Crippen LogP contribution in [0.15, 0.2) is 54.6 Å². The van der Waals surface area contributed by atoms with Gasteiger partial charge in [0.15, 0.2) is 0 Å². The predicted octanol–water partition coefficient (Wildman–Crippen LogP) is 4.07. The van der Waals surface area contributed by atoms with Crippen molar-refractivity contribution in [2.75, 3.05) is 38.3 Å². The number of carbonyl (C=O) groups excluding carboxylic acids is 1. The molecular weight excluding hydrogens is 355 g/mol. The van der Waals surface area contributed by atoms with Gasteiger partial charge in [-0.1, -0.05) is 37.3 Å². The third-order valence-electron chi connectivity index (χ3n) is 5.46. The number of amides is 1. The molecule has 150 valence electrons. The highest BCUT2D eigenvalue weighted by Crippen LogP contribution is 2.26. The van der Waals surface area contributed by atoms with E-state index < -0.39 is 0 Å². The Morgan fingerprint density at radius 1 is 1.14 bits per heavy atom. The fourth-order valence-corrected chi connectivity index (χ4v) is 3.99. The Morgan fingerprint density at radius 3 is 2.39 bits per heavy atom. The van der Waals surface area contributed by atoms with Crippen molar-refractivity contribution >= 4 is 11.6 Å². The van der Waals surface area contributed by atoms with Crippen LogP contribution in [0.4, 0.5) is 10.1 Å². The molecule has 0 spiro atoms. The van der Waals surface area contributed by atoms with Crippen molar-refractivity contribution < 1.29 is 13.9 Å². The lowest BCUT2D eigenvalue weighted by atomic mass is 9.97. The van der Waals surface area contributed by atoms with Crippen LogP contribution in [0.25, 0.3) is 0 Å². The summed E-state index contributed by atoms with van der Waals surface area (Å²) in [4.78, 5) is 16.9. The number of hydrogen-bond donors (Lipinski definition) is 0. The minimum atomic E-state index is -0.299. The lowest BCUT2D eigenvalue weighted by molar-refractivity contribution is -0.122. The topological polar surface area (TPSA) is 32.8 Å². The molecule has 1 saturated heterocycles. The van der Waals surface area contributed by atoms with Crippen molar-refractivity contribution in [1.82, 2.24) is 4.90 Å². The third kappa shape index (κ3) is 5.18. The SMILES string of the molecule is COCC(=O)N(c1ccc(F)cc1)C1CCN(CC(C)c2ccccc2)CC1. The average molecular weight is 384 g/mol. The van der Waals surface area contributed by atoms with E-state index in [0.29, 0.717) is 5.92 Å². The molecule has 1 aliphatic heterocycles. The molecule has 2 aromatic rings. The first-order chi connectivity index (χ1) is 13.6. The fraction of sp³-hybridized carbons (Fsp3) is 0.435. The minimum absolute atomic E-state index is 0.0304. The quantitative estimate of drug-likeness (QED) is 0.721. The molecule has 0 N–H and O–H groups in total. The second-order valence-corrected chi connectivity index (χ2v) is 7.52. The summed E-state index contributed by atoms with van der Waals surface area (Å²) in [6.07, 6.45) is 1.79. The summed E-state index contributed by atoms with van der Waals surface area (Å²) in [5.41, 5.74) is 2.09. The van der Waals surface area contributed by atoms with Crippen molar-refractivity contribution in [2.24, 2.45) is 0 Å². The summed E-state index contributed by atoms with van der Waals surface area (Å²) < 4.78 is 18.4. The molecule has 0 aromatic heterocycles. The van der Waals surface area contributed by atoms with Gasteiger partial charge in [-0.15, -0.1) is 0 Å². The smallest absolute Gasteiger partial charge is 0.253 e. The van der Waals surface area contributed by atoms with Crippen LogP contribution in [0.2, 0.25) is 0 Å². The van der Waals surface area contributed by atoms with Crippen molar-refractivity contribution in [3.8, 4) is 0 Å². The first-order valence-corrected chi connectivity index (χ1v) is 9.92. The van der Waals surface area contributed by atoms with Crippen molar-refractivity contribution in [1.29, 1.82) is 0 Å². The Kier molecular flexibility index (Phi) is 7.18. The molecule has 5 heteroatoms. The number of anilines is 1. The Balaban J connectivity index is 1.63. The maximum absolute atomic E-state index is 13.3. The molecule has 1 amide bonds. The van der Waals surface area contributed by atoms with Gasteiger partial charge in [0.05, 0.1) is 0 Å². The molecule has 1 fully saturated rings. The molecule has 0 aliphatic carbocycles. The zero-order chi connectivity index (χ0) is 19.9. The van der Waals surface area contributed by atoms with Crippen LogP contribution in [-0.2, 0) is 9.53 Å². The van der Waals surface area contributed by atoms with E-state index in [0.717, 1.165) is 38.2 Å². The lowest BCUT2D eigenvalue weighted by Gasteiger charge is -2.39. The van der Waals surface area contributed by atoms with Gasteiger partial charge >= 0.3 is 0 Å². The molecule has 1 atom stereocenters. The summed E-state index contributed by atoms with van der Waals surface area (Å²) in [7, 11) is 1.52. The predicted molar refractivity (Wildman–Crippen MR) is 110 cm³/mol. The number of carbonyl (C=O) groups is 1. The summed E-state index contributed by atoms with van der Waals surface area (Å²) in [6.45, 7) is 5.19. The summed E-state index contributed by atoms with van der Waals surface area (Å²) in [5.74, 6) is 0.0962. The molecule has 1 heterocycles. The van der Waals surface area contributed by atoms with Crippen molar-refractivity contribution in [3.05, 3.63) is 66.0 Å². The Labute approximate surface area is 166 Å². The Morgan fingerprint density at radius 2 is 1.79 bits per heavy atom. The lowest BCUT2D eigenvalue weighted by Crippen LogP contribution is -2.49. The Hall–Kier alpha value is -2.24. The molecular formula is C23H29FN2O2. The molecule has 0 saturated carbocycles. The molecule has 3 rings (SSSR count). The van der Waals surface area contributed by atoms with E-state index >= 15 is 0 Å². The number of ether oxygens (including phenoxy) is 1. The maximum Gasteiger partial charge on any atom is 0.253 e. The number of benzene rings is 2. The van der Waals surface area contributed by atoms with E-state index in [4.69, 9.17) is 4.74 Å². The summed E-state index contributed by atoms with van der Waals surface area (Å²) in [6, 6.07) is 16.8. The summed E-state index contributed by atoms with van der Waals surface area (Å²) >= 11 is 0. The van der Waals surface area contributed by atoms with Crippen LogP contribution in [-0.4, -0.2) is 50.2 Å². The number of hydrogen-bond acceptors (Lipinski definition) is 3. The number of likely N-dealkylation sites (tertiary alicyclic amines) is 1. The highest BCUT2D eigenvalue weighted by Gasteiger charge is 2.29. The normalized spacial score (nSPS) is 16.7. The molecule has 4 nitrogen and oxygen atoms in total. The highest BCUT2D eigenvalue weighted by atomic mass is 19.1. The minimum Gasteiger partial charge on any atom is -0.375 e. The number of rotatable bonds is 7. The van der Waals surface area contributed by atoms with Crippen LogP contribution < -0.4 is 4.90 Å². The first-order valence-electron chi connectivity index (χ1n) is 9.92. The largest absolute Gasteiger partial charge is 0.375 e. The van der Waals surface area contributed by atoms with E-state index in [9.17, 15) is 9.18 Å². The number of halogens is 1. The monoisotopic (exact) mass is 384 g/mol. The van der Waals surface area contributed by atoms with Gasteiger partial charge in [-0.05, 0) is 48.6 Å². The van der Waals surface area contributed by atoms with Gasteiger partial charge in [-0.25, -0.2) is 4.39 Å². The fourth-order valence-electron chi connectivity index (χ4n) is 3.99. The highest BCUT2D eigenvalue weighted by molar-refractivity contribution is 5.94. The van der Waals surface area contributed by atoms with Gasteiger partial charge < -0.3 is 14.5 Å². The van der Waals surface area contributed by atoms with Gasteiger partial charge in [-0.3, -0.25) is 4.79 Å². The van der Waals surface area contributed by atoms with Crippen LogP contribution in [0.3, 0.4) is 0 Å². The van der Waals surface area contributed by atoms with E-state index in [1.165, 1.54) is 24.8 Å². The molecule has 0 bridgehead atoms. The second kappa shape index (κ2) is 9.80. The third-order valence-corrected chi connectivity index (χ3v) is 5.46. The van der Waals surface area contributed by atoms with Gasteiger partial charge in [0, 0.05) is 38.5 Å². The van der Waals surface area contributed by atoms with Crippen LogP contribution in [0.1, 0.15) is 31.2 Å². The standard InChI is InChI=1S/C23H29FN2O2/c1-18(19-6-4-3-5-7-19)16-25-14-12-22(13-15-25)26(23(27)17-28-2)21-10-8-20(24)9-11-21/h3-11,18,22H,12-17H2,1-2H3. The zero-order valence-corrected chi connectivity index (χ0v) is 16.7. The maximum atomic E-state index is 13.3. The van der Waals surface area contributed by atoms with E-state index in [1.807, 2.05) is 6.07 Å². The molecule has 0 radical (unpaired) electrons. The van der Waals surface area contributed by atoms with E-state index in [-0.39, 0.29) is 24.4 Å². The van der Waals surface area contributed by atoms with Crippen LogP contribution in [0.5, 0.6) is 0 Å². The van der Waals surface area contributed by atoms with Crippen molar-refractivity contribution in [3.63, 3.8) is 0 Å². The summed E-state index contributed by atoms with van der Waals surface area (Å²) in [5, 5.41) is 0. The molecule has 1 unspecified atom stereocenters. The second-order valence-electron chi connectivity index (χ2n) is 7.52. The molecule has 28 heavy (non-hydrogen) atoms. The van der Waals surface area contributed by atoms with Crippen LogP contribution >= 0.6 is 0 Å². The molecule has 2 aromatic carbocycles. The first kappa shape index (κ1) is 20.5.